The normalized spacial score (nSPS) is 14.5. The molecule has 1 atom stereocenters. The monoisotopic (exact) mass is 178 g/mol. The molecule has 0 fully saturated rings. The molecule has 0 aliphatic carbocycles. The number of hydrogen-bond donors (Lipinski definition) is 0. The Morgan fingerprint density at radius 1 is 1.09 bits per heavy atom. The molecule has 0 rings (SSSR count). The predicted molar refractivity (Wildman–Crippen MR) is 25.6 cm³/mol. The van der Waals surface area contributed by atoms with Crippen molar-refractivity contribution in [2.45, 2.75) is 13.1 Å². The van der Waals surface area contributed by atoms with E-state index < -0.39 is 24.0 Å². The van der Waals surface area contributed by atoms with Gasteiger partial charge in [0.1, 0.15) is 5.92 Å². The number of hydrogen-bond acceptors (Lipinski definition) is 0. The summed E-state index contributed by atoms with van der Waals surface area (Å²) in [6.45, 7) is 0.328. The summed E-state index contributed by atoms with van der Waals surface area (Å²) in [6.07, 6.45) is -7.87. The predicted octanol–water partition coefficient (Wildman–Crippen LogP) is 3.26. The van der Waals surface area contributed by atoms with Crippen LogP contribution in [0.2, 0.25) is 0 Å². The number of rotatable bonds is 1. The maximum Gasteiger partial charge on any atom is 0.397 e. The molecule has 0 saturated carbocycles. The Kier molecular flexibility index (Phi) is 2.95. The van der Waals surface area contributed by atoms with Crippen molar-refractivity contribution in [3.63, 3.8) is 0 Å². The number of halogens is 6. The van der Waals surface area contributed by atoms with E-state index in [1.54, 1.807) is 0 Å². The second-order valence-corrected chi connectivity index (χ2v) is 1.87. The van der Waals surface area contributed by atoms with Gasteiger partial charge in [0.15, 0.2) is 5.83 Å². The second kappa shape index (κ2) is 3.15. The molecule has 0 spiro atoms. The van der Waals surface area contributed by atoms with Crippen LogP contribution in [0.25, 0.3) is 0 Å². The van der Waals surface area contributed by atoms with Gasteiger partial charge in [0.2, 0.25) is 0 Å². The molecule has 6 heteroatoms. The van der Waals surface area contributed by atoms with Gasteiger partial charge >= 0.3 is 12.3 Å². The zero-order valence-corrected chi connectivity index (χ0v) is 5.35. The lowest BCUT2D eigenvalue weighted by atomic mass is 10.1. The molecule has 0 nitrogen and oxygen atoms in total. The Labute approximate surface area is 58.5 Å². The highest BCUT2D eigenvalue weighted by Crippen LogP contribution is 2.33. The second-order valence-electron chi connectivity index (χ2n) is 1.87. The Hall–Kier alpha value is -0.680. The van der Waals surface area contributed by atoms with Crippen molar-refractivity contribution in [1.82, 2.24) is 0 Å². The first kappa shape index (κ1) is 10.3. The minimum Gasteiger partial charge on any atom is -0.205 e. The van der Waals surface area contributed by atoms with Crippen molar-refractivity contribution in [2.75, 3.05) is 0 Å². The number of alkyl halides is 3. The fraction of sp³-hybridized carbons (Fsp3) is 0.600. The molecule has 0 aromatic rings. The standard InChI is InChI=1S/C5H4F6/c1-2(5(9,10)11)3(6)4(7)8/h2H,1H3. The maximum atomic E-state index is 11.8. The Morgan fingerprint density at radius 2 is 1.45 bits per heavy atom. The summed E-state index contributed by atoms with van der Waals surface area (Å²) >= 11 is 0. The van der Waals surface area contributed by atoms with E-state index in [1.165, 1.54) is 0 Å². The Balaban J connectivity index is 4.52. The van der Waals surface area contributed by atoms with E-state index >= 15 is 0 Å². The fourth-order valence-corrected chi connectivity index (χ4v) is 0.307. The molecule has 0 aromatic heterocycles. The van der Waals surface area contributed by atoms with Gasteiger partial charge in [0.05, 0.1) is 0 Å². The van der Waals surface area contributed by atoms with Gasteiger partial charge in [-0.25, -0.2) is 4.39 Å². The SMILES string of the molecule is CC(C(F)=C(F)F)C(F)(F)F. The van der Waals surface area contributed by atoms with E-state index in [4.69, 9.17) is 0 Å². The minimum absolute atomic E-state index is 0.328. The molecule has 0 saturated heterocycles. The van der Waals surface area contributed by atoms with Crippen LogP contribution < -0.4 is 0 Å². The molecule has 0 aromatic carbocycles. The van der Waals surface area contributed by atoms with Crippen LogP contribution in [0.15, 0.2) is 11.9 Å². The first-order valence-electron chi connectivity index (χ1n) is 2.54. The van der Waals surface area contributed by atoms with Gasteiger partial charge in [-0.1, -0.05) is 0 Å². The van der Waals surface area contributed by atoms with Crippen LogP contribution in [0.3, 0.4) is 0 Å². The summed E-state index contributed by atoms with van der Waals surface area (Å²) in [6, 6.07) is 0. The lowest BCUT2D eigenvalue weighted by molar-refractivity contribution is -0.164. The lowest BCUT2D eigenvalue weighted by Crippen LogP contribution is -2.20. The van der Waals surface area contributed by atoms with Gasteiger partial charge in [-0.05, 0) is 6.92 Å². The fourth-order valence-electron chi connectivity index (χ4n) is 0.307. The maximum absolute atomic E-state index is 11.8. The largest absolute Gasteiger partial charge is 0.397 e. The van der Waals surface area contributed by atoms with Gasteiger partial charge in [-0.3, -0.25) is 0 Å². The molecule has 0 radical (unpaired) electrons. The molecule has 0 amide bonds. The average Bonchev–Trinajstić information content (AvgIpc) is 1.82. The van der Waals surface area contributed by atoms with Crippen LogP contribution in [-0.4, -0.2) is 6.18 Å². The van der Waals surface area contributed by atoms with Crippen LogP contribution in [0.1, 0.15) is 6.92 Å². The summed E-state index contributed by atoms with van der Waals surface area (Å²) in [4.78, 5) is 0. The van der Waals surface area contributed by atoms with E-state index in [1.807, 2.05) is 0 Å². The van der Waals surface area contributed by atoms with Crippen LogP contribution in [0, 0.1) is 5.92 Å². The molecular formula is C5H4F6. The third-order valence-corrected chi connectivity index (χ3v) is 1.05. The first-order chi connectivity index (χ1) is 4.76. The quantitative estimate of drug-likeness (QED) is 0.540. The van der Waals surface area contributed by atoms with Crippen molar-refractivity contribution in [1.29, 1.82) is 0 Å². The van der Waals surface area contributed by atoms with Gasteiger partial charge in [0, 0.05) is 0 Å². The Morgan fingerprint density at radius 3 is 1.55 bits per heavy atom. The van der Waals surface area contributed by atoms with Crippen LogP contribution >= 0.6 is 0 Å². The molecule has 0 aliphatic rings. The van der Waals surface area contributed by atoms with Crippen molar-refractivity contribution in [2.24, 2.45) is 5.92 Å². The summed E-state index contributed by atoms with van der Waals surface area (Å²) in [5.74, 6) is -5.15. The highest BCUT2D eigenvalue weighted by Gasteiger charge is 2.40. The third kappa shape index (κ3) is 2.81. The molecule has 1 unspecified atom stereocenters. The molecule has 0 N–H and O–H groups in total. The topological polar surface area (TPSA) is 0 Å². The van der Waals surface area contributed by atoms with Crippen LogP contribution in [0.5, 0.6) is 0 Å². The van der Waals surface area contributed by atoms with Crippen molar-refractivity contribution >= 4 is 0 Å². The molecule has 11 heavy (non-hydrogen) atoms. The average molecular weight is 178 g/mol. The van der Waals surface area contributed by atoms with E-state index in [0.717, 1.165) is 0 Å². The van der Waals surface area contributed by atoms with Gasteiger partial charge < -0.3 is 0 Å². The van der Waals surface area contributed by atoms with Crippen LogP contribution in [0.4, 0.5) is 26.3 Å². The summed E-state index contributed by atoms with van der Waals surface area (Å²) in [5, 5.41) is 0. The van der Waals surface area contributed by atoms with Gasteiger partial charge in [-0.2, -0.15) is 22.0 Å². The summed E-state index contributed by atoms with van der Waals surface area (Å²) in [5.41, 5.74) is 0. The van der Waals surface area contributed by atoms with Crippen molar-refractivity contribution in [3.8, 4) is 0 Å². The number of allylic oxidation sites excluding steroid dienone is 1. The van der Waals surface area contributed by atoms with Crippen LogP contribution in [-0.2, 0) is 0 Å². The summed E-state index contributed by atoms with van der Waals surface area (Å²) < 4.78 is 68.6. The molecule has 66 valence electrons. The van der Waals surface area contributed by atoms with Gasteiger partial charge in [0.25, 0.3) is 0 Å². The van der Waals surface area contributed by atoms with Gasteiger partial charge in [-0.15, -0.1) is 0 Å². The Bertz CT molecular complexity index is 162. The van der Waals surface area contributed by atoms with Crippen molar-refractivity contribution in [3.05, 3.63) is 11.9 Å². The highest BCUT2D eigenvalue weighted by molar-refractivity contribution is 4.98. The lowest BCUT2D eigenvalue weighted by Gasteiger charge is -2.11. The smallest absolute Gasteiger partial charge is 0.205 e. The molecular weight excluding hydrogens is 174 g/mol. The summed E-state index contributed by atoms with van der Waals surface area (Å²) in [7, 11) is 0. The minimum atomic E-state index is -4.95. The van der Waals surface area contributed by atoms with E-state index in [2.05, 4.69) is 0 Å². The van der Waals surface area contributed by atoms with E-state index in [0.29, 0.717) is 6.92 Å². The third-order valence-electron chi connectivity index (χ3n) is 1.05. The molecule has 0 aliphatic heterocycles. The molecule has 0 heterocycles. The van der Waals surface area contributed by atoms with E-state index in [9.17, 15) is 26.3 Å². The first-order valence-corrected chi connectivity index (χ1v) is 2.54. The zero-order chi connectivity index (χ0) is 9.23. The zero-order valence-electron chi connectivity index (χ0n) is 5.35. The molecule has 0 bridgehead atoms. The van der Waals surface area contributed by atoms with E-state index in [-0.39, 0.29) is 0 Å². The van der Waals surface area contributed by atoms with Crippen molar-refractivity contribution < 1.29 is 26.3 Å². The highest BCUT2D eigenvalue weighted by atomic mass is 19.4.